The van der Waals surface area contributed by atoms with Gasteiger partial charge in [0.2, 0.25) is 0 Å². The summed E-state index contributed by atoms with van der Waals surface area (Å²) in [7, 11) is 0. The first-order valence-electron chi connectivity index (χ1n) is 14.8. The summed E-state index contributed by atoms with van der Waals surface area (Å²) in [5.41, 5.74) is 11.6. The molecule has 0 N–H and O–H groups in total. The second-order valence-corrected chi connectivity index (χ2v) is 11.2. The molecule has 0 fully saturated rings. The standard InChI is InChI=1S/C42H30/c1-2-11-29(12-3-1)30-21-25-33(26-22-30)41-37-16-6-8-18-39(37)42(40-19-9-7-17-38(40)41)34-27-23-32(24-28-34)36-20-10-14-31-13-4-5-15-35(31)36/h1-13,15-28,31H,14H2. The molecule has 1 atom stereocenters. The van der Waals surface area contributed by atoms with Gasteiger partial charge in [0.05, 0.1) is 0 Å². The van der Waals surface area contributed by atoms with E-state index >= 15 is 0 Å². The van der Waals surface area contributed by atoms with Crippen molar-refractivity contribution in [1.82, 2.24) is 0 Å². The highest BCUT2D eigenvalue weighted by molar-refractivity contribution is 6.21. The molecule has 0 heterocycles. The summed E-state index contributed by atoms with van der Waals surface area (Å²) in [5, 5.41) is 5.13. The lowest BCUT2D eigenvalue weighted by Crippen LogP contribution is -2.06. The van der Waals surface area contributed by atoms with E-state index in [0.717, 1.165) is 6.42 Å². The number of allylic oxidation sites excluding steroid dienone is 8. The molecule has 0 aromatic heterocycles. The van der Waals surface area contributed by atoms with Crippen LogP contribution in [-0.4, -0.2) is 0 Å². The first-order valence-corrected chi connectivity index (χ1v) is 14.8. The lowest BCUT2D eigenvalue weighted by molar-refractivity contribution is 0.784. The van der Waals surface area contributed by atoms with Crippen LogP contribution in [-0.2, 0) is 0 Å². The van der Waals surface area contributed by atoms with E-state index in [0.29, 0.717) is 5.92 Å². The molecule has 0 nitrogen and oxygen atoms in total. The van der Waals surface area contributed by atoms with Crippen LogP contribution >= 0.6 is 0 Å². The van der Waals surface area contributed by atoms with E-state index in [9.17, 15) is 0 Å². The van der Waals surface area contributed by atoms with E-state index < -0.39 is 0 Å². The molecule has 0 heteroatoms. The SMILES string of the molecule is C1=CC2=C(c3ccc(-c4c5ccccc5c(-c5ccc(-c6ccccc6)cc5)c5ccccc45)cc3)C=CCC2C=C1. The Morgan fingerprint density at radius 2 is 0.881 bits per heavy atom. The van der Waals surface area contributed by atoms with Crippen molar-refractivity contribution in [3.05, 3.63) is 175 Å². The summed E-state index contributed by atoms with van der Waals surface area (Å²) in [4.78, 5) is 0. The number of fused-ring (bicyclic) bond motifs is 3. The Morgan fingerprint density at radius 3 is 1.45 bits per heavy atom. The van der Waals surface area contributed by atoms with Gasteiger partial charge in [0.15, 0.2) is 0 Å². The fourth-order valence-corrected chi connectivity index (χ4v) is 6.80. The van der Waals surface area contributed by atoms with E-state index in [1.54, 1.807) is 0 Å². The lowest BCUT2D eigenvalue weighted by Gasteiger charge is -2.23. The average molecular weight is 535 g/mol. The maximum Gasteiger partial charge on any atom is 0.00618 e. The topological polar surface area (TPSA) is 0 Å². The van der Waals surface area contributed by atoms with Crippen molar-refractivity contribution in [3.8, 4) is 33.4 Å². The highest BCUT2D eigenvalue weighted by Crippen LogP contribution is 2.44. The van der Waals surface area contributed by atoms with Crippen LogP contribution in [0.4, 0.5) is 0 Å². The average Bonchev–Trinajstić information content (AvgIpc) is 3.07. The molecule has 6 aromatic carbocycles. The first kappa shape index (κ1) is 24.6. The van der Waals surface area contributed by atoms with Crippen molar-refractivity contribution in [2.75, 3.05) is 0 Å². The zero-order valence-corrected chi connectivity index (χ0v) is 23.4. The summed E-state index contributed by atoms with van der Waals surface area (Å²) in [6.07, 6.45) is 14.6. The molecule has 2 aliphatic rings. The zero-order chi connectivity index (χ0) is 27.9. The van der Waals surface area contributed by atoms with Crippen LogP contribution in [0.3, 0.4) is 0 Å². The van der Waals surface area contributed by atoms with Crippen molar-refractivity contribution in [3.63, 3.8) is 0 Å². The summed E-state index contributed by atoms with van der Waals surface area (Å²) in [6, 6.07) is 46.7. The highest BCUT2D eigenvalue weighted by Gasteiger charge is 2.20. The van der Waals surface area contributed by atoms with Crippen molar-refractivity contribution < 1.29 is 0 Å². The van der Waals surface area contributed by atoms with E-state index in [4.69, 9.17) is 0 Å². The molecular weight excluding hydrogens is 504 g/mol. The van der Waals surface area contributed by atoms with Gasteiger partial charge in [0.25, 0.3) is 0 Å². The van der Waals surface area contributed by atoms with E-state index in [1.807, 2.05) is 0 Å². The molecule has 0 radical (unpaired) electrons. The Morgan fingerprint density at radius 1 is 0.405 bits per heavy atom. The molecule has 198 valence electrons. The van der Waals surface area contributed by atoms with Crippen molar-refractivity contribution >= 4 is 27.1 Å². The predicted octanol–water partition coefficient (Wildman–Crippen LogP) is 11.4. The minimum atomic E-state index is 0.483. The Labute approximate surface area is 247 Å². The van der Waals surface area contributed by atoms with Gasteiger partial charge in [-0.15, -0.1) is 0 Å². The number of benzene rings is 6. The molecule has 0 aliphatic heterocycles. The van der Waals surface area contributed by atoms with Crippen LogP contribution in [0.15, 0.2) is 169 Å². The molecule has 8 rings (SSSR count). The number of hydrogen-bond donors (Lipinski definition) is 0. The largest absolute Gasteiger partial charge is 0.0830 e. The first-order chi connectivity index (χ1) is 20.8. The highest BCUT2D eigenvalue weighted by atomic mass is 14.2. The third-order valence-corrected chi connectivity index (χ3v) is 8.81. The molecule has 6 aromatic rings. The summed E-state index contributed by atoms with van der Waals surface area (Å²) in [6.45, 7) is 0. The minimum absolute atomic E-state index is 0.483. The normalized spacial score (nSPS) is 15.9. The third kappa shape index (κ3) is 4.16. The van der Waals surface area contributed by atoms with Crippen LogP contribution in [0.25, 0.3) is 60.5 Å². The predicted molar refractivity (Wildman–Crippen MR) is 180 cm³/mol. The Hall–Kier alpha value is -5.20. The van der Waals surface area contributed by atoms with Crippen molar-refractivity contribution in [1.29, 1.82) is 0 Å². The summed E-state index contributed by atoms with van der Waals surface area (Å²) >= 11 is 0. The smallest absolute Gasteiger partial charge is 0.00618 e. The molecular formula is C42H30. The molecule has 0 spiro atoms. The fraction of sp³-hybridized carbons (Fsp3) is 0.0476. The van der Waals surface area contributed by atoms with Crippen molar-refractivity contribution in [2.24, 2.45) is 5.92 Å². The zero-order valence-electron chi connectivity index (χ0n) is 23.4. The number of hydrogen-bond acceptors (Lipinski definition) is 0. The summed E-state index contributed by atoms with van der Waals surface area (Å²) in [5.74, 6) is 0.483. The minimum Gasteiger partial charge on any atom is -0.0830 e. The van der Waals surface area contributed by atoms with E-state index in [-0.39, 0.29) is 0 Å². The molecule has 0 saturated heterocycles. The van der Waals surface area contributed by atoms with E-state index in [2.05, 4.69) is 164 Å². The van der Waals surface area contributed by atoms with E-state index in [1.165, 1.54) is 71.6 Å². The van der Waals surface area contributed by atoms with Crippen LogP contribution in [0.2, 0.25) is 0 Å². The van der Waals surface area contributed by atoms with Gasteiger partial charge in [-0.1, -0.05) is 164 Å². The quantitative estimate of drug-likeness (QED) is 0.197. The van der Waals surface area contributed by atoms with Crippen LogP contribution < -0.4 is 0 Å². The Kier molecular flexibility index (Phi) is 6.04. The summed E-state index contributed by atoms with van der Waals surface area (Å²) < 4.78 is 0. The van der Waals surface area contributed by atoms with Gasteiger partial charge in [-0.2, -0.15) is 0 Å². The van der Waals surface area contributed by atoms with Crippen LogP contribution in [0, 0.1) is 5.92 Å². The lowest BCUT2D eigenvalue weighted by atomic mass is 9.81. The van der Waals surface area contributed by atoms with Gasteiger partial charge >= 0.3 is 0 Å². The van der Waals surface area contributed by atoms with Crippen LogP contribution in [0.1, 0.15) is 12.0 Å². The molecule has 2 aliphatic carbocycles. The maximum atomic E-state index is 2.32. The van der Waals surface area contributed by atoms with Gasteiger partial charge in [0, 0.05) is 5.92 Å². The second kappa shape index (κ2) is 10.3. The molecule has 0 amide bonds. The third-order valence-electron chi connectivity index (χ3n) is 8.81. The van der Waals surface area contributed by atoms with Gasteiger partial charge in [-0.05, 0) is 78.1 Å². The van der Waals surface area contributed by atoms with Crippen LogP contribution in [0.5, 0.6) is 0 Å². The van der Waals surface area contributed by atoms with Gasteiger partial charge in [-0.25, -0.2) is 0 Å². The Balaban J connectivity index is 1.28. The van der Waals surface area contributed by atoms with Gasteiger partial charge in [-0.3, -0.25) is 0 Å². The second-order valence-electron chi connectivity index (χ2n) is 11.2. The fourth-order valence-electron chi connectivity index (χ4n) is 6.80. The molecule has 0 saturated carbocycles. The molecule has 1 unspecified atom stereocenters. The monoisotopic (exact) mass is 534 g/mol. The maximum absolute atomic E-state index is 2.32. The molecule has 42 heavy (non-hydrogen) atoms. The Bertz CT molecular complexity index is 2010. The van der Waals surface area contributed by atoms with Gasteiger partial charge < -0.3 is 0 Å². The molecule has 0 bridgehead atoms. The van der Waals surface area contributed by atoms with Crippen molar-refractivity contribution in [2.45, 2.75) is 6.42 Å². The van der Waals surface area contributed by atoms with Gasteiger partial charge in [0.1, 0.15) is 0 Å². The number of rotatable bonds is 4.